The summed E-state index contributed by atoms with van der Waals surface area (Å²) in [6, 6.07) is 21.8. The van der Waals surface area contributed by atoms with Gasteiger partial charge in [0.1, 0.15) is 12.1 Å². The summed E-state index contributed by atoms with van der Waals surface area (Å²) in [6.07, 6.45) is 1.48. The summed E-state index contributed by atoms with van der Waals surface area (Å²) >= 11 is 0. The second kappa shape index (κ2) is 9.50. The van der Waals surface area contributed by atoms with Gasteiger partial charge in [-0.15, -0.1) is 0 Å². The van der Waals surface area contributed by atoms with Crippen LogP contribution in [-0.2, 0) is 16.1 Å². The van der Waals surface area contributed by atoms with E-state index in [0.717, 1.165) is 0 Å². The van der Waals surface area contributed by atoms with Gasteiger partial charge in [0.05, 0.1) is 35.2 Å². The van der Waals surface area contributed by atoms with Crippen molar-refractivity contribution < 1.29 is 14.3 Å². The van der Waals surface area contributed by atoms with Gasteiger partial charge in [0.25, 0.3) is 0 Å². The number of nitrogens with one attached hydrogen (secondary N) is 1. The Morgan fingerprint density at radius 3 is 2.28 bits per heavy atom. The number of pyridine rings is 1. The number of para-hydroxylation sites is 2. The van der Waals surface area contributed by atoms with Crippen molar-refractivity contribution in [1.82, 2.24) is 14.3 Å². The Bertz CT molecular complexity index is 1620. The molecule has 0 aliphatic heterocycles. The number of aromatic nitrogens is 3. The Morgan fingerprint density at radius 1 is 0.944 bits per heavy atom. The van der Waals surface area contributed by atoms with Crippen LogP contribution in [0, 0.1) is 6.92 Å². The maximum atomic E-state index is 13.1. The van der Waals surface area contributed by atoms with Gasteiger partial charge in [0.2, 0.25) is 5.91 Å². The summed E-state index contributed by atoms with van der Waals surface area (Å²) in [4.78, 5) is 38.2. The number of rotatable bonds is 6. The summed E-state index contributed by atoms with van der Waals surface area (Å²) in [5.74, 6) is -0.665. The molecule has 0 atom stereocenters. The molecule has 1 N–H and O–H groups in total. The molecule has 0 aliphatic rings. The standard InChI is InChI=1S/C28H24N4O4/c1-3-36-28(35)23-16-29-32(18(23)2)20-10-8-9-19(15-20)30-26(33)17-31-24-13-6-4-11-21(24)27(34)22-12-5-7-14-25(22)31/h4-16H,3,17H2,1-2H3,(H,30,33). The molecular weight excluding hydrogens is 456 g/mol. The van der Waals surface area contributed by atoms with Crippen molar-refractivity contribution in [3.8, 4) is 5.69 Å². The fourth-order valence-corrected chi connectivity index (χ4v) is 4.39. The number of anilines is 1. The minimum absolute atomic E-state index is 0.0271. The van der Waals surface area contributed by atoms with E-state index in [1.54, 1.807) is 48.9 Å². The van der Waals surface area contributed by atoms with E-state index in [1.165, 1.54) is 6.20 Å². The van der Waals surface area contributed by atoms with Crippen molar-refractivity contribution in [2.75, 3.05) is 11.9 Å². The number of esters is 1. The summed E-state index contributed by atoms with van der Waals surface area (Å²) in [5.41, 5.74) is 3.65. The summed E-state index contributed by atoms with van der Waals surface area (Å²) in [7, 11) is 0. The Balaban J connectivity index is 1.44. The van der Waals surface area contributed by atoms with Gasteiger partial charge >= 0.3 is 5.97 Å². The minimum atomic E-state index is -0.425. The van der Waals surface area contributed by atoms with Gasteiger partial charge in [-0.2, -0.15) is 5.10 Å². The van der Waals surface area contributed by atoms with Crippen molar-refractivity contribution in [3.05, 3.63) is 100 Å². The molecule has 0 saturated carbocycles. The Kier molecular flexibility index (Phi) is 6.08. The maximum Gasteiger partial charge on any atom is 0.341 e. The van der Waals surface area contributed by atoms with Gasteiger partial charge in [0.15, 0.2) is 5.43 Å². The molecule has 5 aromatic rings. The second-order valence-corrected chi connectivity index (χ2v) is 8.32. The van der Waals surface area contributed by atoms with Crippen molar-refractivity contribution >= 4 is 39.4 Å². The van der Waals surface area contributed by atoms with E-state index >= 15 is 0 Å². The monoisotopic (exact) mass is 480 g/mol. The molecule has 0 radical (unpaired) electrons. The van der Waals surface area contributed by atoms with E-state index in [-0.39, 0.29) is 24.5 Å². The minimum Gasteiger partial charge on any atom is -0.462 e. The van der Waals surface area contributed by atoms with Gasteiger partial charge < -0.3 is 14.6 Å². The van der Waals surface area contributed by atoms with Gasteiger partial charge in [0, 0.05) is 16.5 Å². The lowest BCUT2D eigenvalue weighted by atomic mass is 10.1. The molecule has 0 spiro atoms. The number of hydrogen-bond donors (Lipinski definition) is 1. The van der Waals surface area contributed by atoms with E-state index in [4.69, 9.17) is 4.74 Å². The Labute approximate surface area is 206 Å². The zero-order valence-corrected chi connectivity index (χ0v) is 19.9. The number of carbonyl (C=O) groups excluding carboxylic acids is 2. The average molecular weight is 481 g/mol. The van der Waals surface area contributed by atoms with Crippen LogP contribution in [0.25, 0.3) is 27.5 Å². The van der Waals surface area contributed by atoms with Gasteiger partial charge in [-0.3, -0.25) is 9.59 Å². The highest BCUT2D eigenvalue weighted by molar-refractivity contribution is 5.97. The first kappa shape index (κ1) is 23.0. The molecule has 2 aromatic heterocycles. The lowest BCUT2D eigenvalue weighted by Crippen LogP contribution is -2.21. The molecule has 0 unspecified atom stereocenters. The molecule has 0 aliphatic carbocycles. The molecule has 180 valence electrons. The number of fused-ring (bicyclic) bond motifs is 2. The number of benzene rings is 3. The van der Waals surface area contributed by atoms with E-state index in [9.17, 15) is 14.4 Å². The third-order valence-electron chi connectivity index (χ3n) is 6.06. The fourth-order valence-electron chi connectivity index (χ4n) is 4.39. The van der Waals surface area contributed by atoms with Crippen LogP contribution in [0.1, 0.15) is 23.0 Å². The SMILES string of the molecule is CCOC(=O)c1cnn(-c2cccc(NC(=O)Cn3c4ccccc4c(=O)c4ccccc43)c2)c1C. The lowest BCUT2D eigenvalue weighted by Gasteiger charge is -2.15. The molecule has 0 saturated heterocycles. The molecule has 36 heavy (non-hydrogen) atoms. The molecule has 2 heterocycles. The quantitative estimate of drug-likeness (QED) is 0.286. The van der Waals surface area contributed by atoms with Crippen molar-refractivity contribution in [2.24, 2.45) is 0 Å². The highest BCUT2D eigenvalue weighted by atomic mass is 16.5. The predicted octanol–water partition coefficient (Wildman–Crippen LogP) is 4.46. The molecule has 1 amide bonds. The predicted molar refractivity (Wildman–Crippen MR) is 139 cm³/mol. The zero-order chi connectivity index (χ0) is 25.2. The molecule has 5 rings (SSSR count). The van der Waals surface area contributed by atoms with Crippen LogP contribution in [-0.4, -0.2) is 32.8 Å². The van der Waals surface area contributed by atoms with Gasteiger partial charge in [-0.25, -0.2) is 9.48 Å². The van der Waals surface area contributed by atoms with Crippen LogP contribution >= 0.6 is 0 Å². The Morgan fingerprint density at radius 2 is 1.61 bits per heavy atom. The van der Waals surface area contributed by atoms with Crippen molar-refractivity contribution in [1.29, 1.82) is 0 Å². The van der Waals surface area contributed by atoms with E-state index in [0.29, 0.717) is 44.4 Å². The molecule has 8 heteroatoms. The van der Waals surface area contributed by atoms with Crippen LogP contribution < -0.4 is 10.7 Å². The normalized spacial score (nSPS) is 11.1. The number of carbonyl (C=O) groups is 2. The number of ether oxygens (including phenoxy) is 1. The highest BCUT2D eigenvalue weighted by Gasteiger charge is 2.17. The van der Waals surface area contributed by atoms with E-state index < -0.39 is 5.97 Å². The number of hydrogen-bond acceptors (Lipinski definition) is 5. The number of amides is 1. The van der Waals surface area contributed by atoms with Gasteiger partial charge in [-0.05, 0) is 56.3 Å². The first-order valence-electron chi connectivity index (χ1n) is 11.6. The van der Waals surface area contributed by atoms with Gasteiger partial charge in [-0.1, -0.05) is 30.3 Å². The largest absolute Gasteiger partial charge is 0.462 e. The van der Waals surface area contributed by atoms with Crippen molar-refractivity contribution in [3.63, 3.8) is 0 Å². The summed E-state index contributed by atoms with van der Waals surface area (Å²) < 4.78 is 8.57. The fraction of sp³-hybridized carbons (Fsp3) is 0.143. The topological polar surface area (TPSA) is 95.2 Å². The molecular formula is C28H24N4O4. The molecule has 8 nitrogen and oxygen atoms in total. The second-order valence-electron chi connectivity index (χ2n) is 8.32. The summed E-state index contributed by atoms with van der Waals surface area (Å²) in [5, 5.41) is 8.40. The smallest absolute Gasteiger partial charge is 0.341 e. The van der Waals surface area contributed by atoms with Crippen molar-refractivity contribution in [2.45, 2.75) is 20.4 Å². The third-order valence-corrected chi connectivity index (χ3v) is 6.06. The van der Waals surface area contributed by atoms with E-state index in [1.807, 2.05) is 47.0 Å². The molecule has 3 aromatic carbocycles. The maximum absolute atomic E-state index is 13.1. The first-order chi connectivity index (χ1) is 17.5. The van der Waals surface area contributed by atoms with Crippen LogP contribution in [0.4, 0.5) is 5.69 Å². The molecule has 0 bridgehead atoms. The Hall–Kier alpha value is -4.72. The van der Waals surface area contributed by atoms with Crippen LogP contribution in [0.5, 0.6) is 0 Å². The average Bonchev–Trinajstić information content (AvgIpc) is 3.28. The van der Waals surface area contributed by atoms with Crippen LogP contribution in [0.2, 0.25) is 0 Å². The highest BCUT2D eigenvalue weighted by Crippen LogP contribution is 2.21. The molecule has 0 fully saturated rings. The zero-order valence-electron chi connectivity index (χ0n) is 19.9. The lowest BCUT2D eigenvalue weighted by molar-refractivity contribution is -0.116. The first-order valence-corrected chi connectivity index (χ1v) is 11.6. The van der Waals surface area contributed by atoms with Crippen LogP contribution in [0.15, 0.2) is 83.8 Å². The third kappa shape index (κ3) is 4.13. The number of nitrogens with zero attached hydrogens (tertiary/aromatic N) is 3. The van der Waals surface area contributed by atoms with E-state index in [2.05, 4.69) is 10.4 Å². The van der Waals surface area contributed by atoms with Crippen LogP contribution in [0.3, 0.4) is 0 Å². The summed E-state index contributed by atoms with van der Waals surface area (Å²) in [6.45, 7) is 3.85.